The molecule has 0 saturated heterocycles. The molecule has 0 spiro atoms. The van der Waals surface area contributed by atoms with Crippen LogP contribution in [0.1, 0.15) is 6.92 Å². The summed E-state index contributed by atoms with van der Waals surface area (Å²) in [5.74, 6) is -0.842. The first kappa shape index (κ1) is 12.7. The van der Waals surface area contributed by atoms with Gasteiger partial charge in [-0.3, -0.25) is 4.79 Å². The smallest absolute Gasteiger partial charge is 0.308 e. The van der Waals surface area contributed by atoms with Crippen LogP contribution in [0.15, 0.2) is 28.7 Å². The molecule has 0 aliphatic heterocycles. The molecule has 1 heterocycles. The molecule has 1 unspecified atom stereocenters. The second kappa shape index (κ2) is 5.26. The Kier molecular flexibility index (Phi) is 3.71. The van der Waals surface area contributed by atoms with Crippen molar-refractivity contribution in [1.29, 1.82) is 0 Å². The Hall–Kier alpha value is -1.76. The van der Waals surface area contributed by atoms with Crippen LogP contribution in [0.25, 0.3) is 11.4 Å². The molecule has 0 fully saturated rings. The van der Waals surface area contributed by atoms with Crippen molar-refractivity contribution >= 4 is 21.9 Å². The van der Waals surface area contributed by atoms with Crippen molar-refractivity contribution in [3.8, 4) is 11.4 Å². The molecule has 1 atom stereocenters. The summed E-state index contributed by atoms with van der Waals surface area (Å²) >= 11 is 3.35. The van der Waals surface area contributed by atoms with Crippen LogP contribution >= 0.6 is 15.9 Å². The van der Waals surface area contributed by atoms with E-state index in [1.807, 2.05) is 24.3 Å². The van der Waals surface area contributed by atoms with Crippen LogP contribution in [0, 0.1) is 5.92 Å². The number of nitrogens with zero attached hydrogens (tertiary/aromatic N) is 4. The lowest BCUT2D eigenvalue weighted by Crippen LogP contribution is -2.18. The predicted octanol–water partition coefficient (Wildman–Crippen LogP) is 1.82. The average Bonchev–Trinajstić information content (AvgIpc) is 2.78. The van der Waals surface area contributed by atoms with Crippen LogP contribution < -0.4 is 0 Å². The fraction of sp³-hybridized carbons (Fsp3) is 0.273. The molecular weight excluding hydrogens is 300 g/mol. The molecule has 0 saturated carbocycles. The van der Waals surface area contributed by atoms with Crippen LogP contribution in [0.5, 0.6) is 0 Å². The zero-order chi connectivity index (χ0) is 13.1. The number of rotatable bonds is 4. The molecule has 7 heteroatoms. The third-order valence-corrected chi connectivity index (χ3v) is 3.03. The molecule has 0 radical (unpaired) electrons. The van der Waals surface area contributed by atoms with Crippen molar-refractivity contribution in [3.05, 3.63) is 28.7 Å². The van der Waals surface area contributed by atoms with Crippen LogP contribution in [0.3, 0.4) is 0 Å². The second-order valence-electron chi connectivity index (χ2n) is 3.93. The van der Waals surface area contributed by atoms with Gasteiger partial charge in [-0.25, -0.2) is 4.68 Å². The number of aliphatic carboxylic acids is 1. The molecular formula is C11H11BrN4O2. The average molecular weight is 311 g/mol. The number of carbonyl (C=O) groups is 1. The fourth-order valence-corrected chi connectivity index (χ4v) is 1.74. The van der Waals surface area contributed by atoms with Gasteiger partial charge in [-0.1, -0.05) is 35.0 Å². The molecule has 2 aromatic rings. The number of carboxylic acids is 1. The van der Waals surface area contributed by atoms with E-state index < -0.39 is 11.9 Å². The number of hydrogen-bond acceptors (Lipinski definition) is 4. The molecule has 1 aromatic carbocycles. The maximum Gasteiger partial charge on any atom is 0.308 e. The lowest BCUT2D eigenvalue weighted by atomic mass is 10.1. The van der Waals surface area contributed by atoms with Gasteiger partial charge in [-0.2, -0.15) is 0 Å². The van der Waals surface area contributed by atoms with E-state index in [1.165, 1.54) is 4.68 Å². The zero-order valence-electron chi connectivity index (χ0n) is 9.62. The fourth-order valence-electron chi connectivity index (χ4n) is 1.47. The molecule has 0 aliphatic carbocycles. The Labute approximate surface area is 112 Å². The van der Waals surface area contributed by atoms with Crippen LogP contribution in [-0.4, -0.2) is 31.3 Å². The molecule has 0 bridgehead atoms. The highest BCUT2D eigenvalue weighted by Crippen LogP contribution is 2.19. The van der Waals surface area contributed by atoms with Crippen molar-refractivity contribution in [2.24, 2.45) is 5.92 Å². The van der Waals surface area contributed by atoms with Gasteiger partial charge >= 0.3 is 5.97 Å². The number of halogens is 1. The van der Waals surface area contributed by atoms with E-state index in [2.05, 4.69) is 31.5 Å². The minimum atomic E-state index is -0.868. The van der Waals surface area contributed by atoms with E-state index >= 15 is 0 Å². The first-order valence-corrected chi connectivity index (χ1v) is 6.12. The Balaban J connectivity index is 2.27. The molecule has 1 aromatic heterocycles. The Morgan fingerprint density at radius 1 is 1.44 bits per heavy atom. The van der Waals surface area contributed by atoms with Crippen molar-refractivity contribution in [2.45, 2.75) is 13.5 Å². The Morgan fingerprint density at radius 3 is 2.72 bits per heavy atom. The minimum Gasteiger partial charge on any atom is -0.481 e. The lowest BCUT2D eigenvalue weighted by Gasteiger charge is -2.07. The van der Waals surface area contributed by atoms with Crippen molar-refractivity contribution < 1.29 is 9.90 Å². The predicted molar refractivity (Wildman–Crippen MR) is 67.8 cm³/mol. The molecule has 94 valence electrons. The lowest BCUT2D eigenvalue weighted by molar-refractivity contribution is -0.141. The highest BCUT2D eigenvalue weighted by atomic mass is 79.9. The van der Waals surface area contributed by atoms with Gasteiger partial charge in [0.1, 0.15) is 0 Å². The van der Waals surface area contributed by atoms with Gasteiger partial charge in [-0.05, 0) is 22.6 Å². The van der Waals surface area contributed by atoms with E-state index in [1.54, 1.807) is 6.92 Å². The summed E-state index contributed by atoms with van der Waals surface area (Å²) in [5, 5.41) is 20.2. The second-order valence-corrected chi connectivity index (χ2v) is 4.85. The monoisotopic (exact) mass is 310 g/mol. The Morgan fingerprint density at radius 2 is 2.11 bits per heavy atom. The quantitative estimate of drug-likeness (QED) is 0.931. The zero-order valence-corrected chi connectivity index (χ0v) is 11.2. The summed E-state index contributed by atoms with van der Waals surface area (Å²) in [6.45, 7) is 1.86. The molecule has 2 rings (SSSR count). The van der Waals surface area contributed by atoms with E-state index in [4.69, 9.17) is 5.11 Å². The summed E-state index contributed by atoms with van der Waals surface area (Å²) < 4.78 is 2.46. The van der Waals surface area contributed by atoms with E-state index in [0.717, 1.165) is 10.0 Å². The molecule has 18 heavy (non-hydrogen) atoms. The maximum absolute atomic E-state index is 10.8. The topological polar surface area (TPSA) is 80.9 Å². The van der Waals surface area contributed by atoms with E-state index in [-0.39, 0.29) is 6.54 Å². The first-order chi connectivity index (χ1) is 8.58. The number of tetrazole rings is 1. The molecule has 0 amide bonds. The van der Waals surface area contributed by atoms with Gasteiger partial charge in [0.15, 0.2) is 5.82 Å². The van der Waals surface area contributed by atoms with E-state index in [9.17, 15) is 4.79 Å². The largest absolute Gasteiger partial charge is 0.481 e. The van der Waals surface area contributed by atoms with Crippen molar-refractivity contribution in [2.75, 3.05) is 0 Å². The molecule has 6 nitrogen and oxygen atoms in total. The first-order valence-electron chi connectivity index (χ1n) is 5.33. The standard InChI is InChI=1S/C11H11BrN4O2/c1-7(11(17)18)6-16-10(13-14-15-16)8-2-4-9(12)5-3-8/h2-5,7H,6H2,1H3,(H,17,18). The highest BCUT2D eigenvalue weighted by Gasteiger charge is 2.16. The van der Waals surface area contributed by atoms with Gasteiger partial charge in [0.2, 0.25) is 0 Å². The minimum absolute atomic E-state index is 0.244. The van der Waals surface area contributed by atoms with Crippen molar-refractivity contribution in [1.82, 2.24) is 20.2 Å². The number of aromatic nitrogens is 4. The third kappa shape index (κ3) is 2.73. The number of hydrogen-bond donors (Lipinski definition) is 1. The Bertz CT molecular complexity index is 552. The summed E-state index contributed by atoms with van der Waals surface area (Å²) in [6.07, 6.45) is 0. The summed E-state index contributed by atoms with van der Waals surface area (Å²) in [6, 6.07) is 7.51. The maximum atomic E-state index is 10.8. The summed E-state index contributed by atoms with van der Waals surface area (Å²) in [4.78, 5) is 10.8. The van der Waals surface area contributed by atoms with Crippen LogP contribution in [0.4, 0.5) is 0 Å². The molecule has 1 N–H and O–H groups in total. The third-order valence-electron chi connectivity index (χ3n) is 2.50. The van der Waals surface area contributed by atoms with Gasteiger partial charge in [0.05, 0.1) is 12.5 Å². The van der Waals surface area contributed by atoms with Gasteiger partial charge < -0.3 is 5.11 Å². The molecule has 0 aliphatic rings. The SMILES string of the molecule is CC(Cn1nnnc1-c1ccc(Br)cc1)C(=O)O. The number of benzene rings is 1. The van der Waals surface area contributed by atoms with Gasteiger partial charge in [0, 0.05) is 10.0 Å². The number of carboxylic acid groups (broad SMARTS) is 1. The van der Waals surface area contributed by atoms with Gasteiger partial charge in [-0.15, -0.1) is 5.10 Å². The van der Waals surface area contributed by atoms with Gasteiger partial charge in [0.25, 0.3) is 0 Å². The summed E-state index contributed by atoms with van der Waals surface area (Å²) in [5.41, 5.74) is 0.848. The normalized spacial score (nSPS) is 12.3. The van der Waals surface area contributed by atoms with Crippen molar-refractivity contribution in [3.63, 3.8) is 0 Å². The van der Waals surface area contributed by atoms with Crippen LogP contribution in [0.2, 0.25) is 0 Å². The van der Waals surface area contributed by atoms with Crippen LogP contribution in [-0.2, 0) is 11.3 Å². The highest BCUT2D eigenvalue weighted by molar-refractivity contribution is 9.10. The summed E-state index contributed by atoms with van der Waals surface area (Å²) in [7, 11) is 0. The van der Waals surface area contributed by atoms with E-state index in [0.29, 0.717) is 5.82 Å².